The van der Waals surface area contributed by atoms with Gasteiger partial charge in [-0.05, 0) is 54.1 Å². The topological polar surface area (TPSA) is 58.2 Å². The summed E-state index contributed by atoms with van der Waals surface area (Å²) in [5.74, 6) is -0.487. The lowest BCUT2D eigenvalue weighted by molar-refractivity contribution is 0.102. The Morgan fingerprint density at radius 3 is 2.32 bits per heavy atom. The Morgan fingerprint density at radius 2 is 1.64 bits per heavy atom. The lowest BCUT2D eigenvalue weighted by Crippen LogP contribution is -2.17. The van der Waals surface area contributed by atoms with Crippen molar-refractivity contribution in [3.05, 3.63) is 76.5 Å². The molecular weight excluding hydrogens is 352 g/mol. The first-order chi connectivity index (χ1) is 12.2. The molecule has 0 bridgehead atoms. The van der Waals surface area contributed by atoms with Gasteiger partial charge in [-0.15, -0.1) is 23.1 Å². The van der Waals surface area contributed by atoms with E-state index in [1.165, 1.54) is 11.3 Å². The summed E-state index contributed by atoms with van der Waals surface area (Å²) in [4.78, 5) is 26.6. The van der Waals surface area contributed by atoms with E-state index in [4.69, 9.17) is 0 Å². The van der Waals surface area contributed by atoms with Gasteiger partial charge >= 0.3 is 0 Å². The molecule has 1 aromatic heterocycles. The van der Waals surface area contributed by atoms with Gasteiger partial charge in [-0.1, -0.05) is 18.2 Å². The summed E-state index contributed by atoms with van der Waals surface area (Å²) in [7, 11) is 0. The second-order valence-electron chi connectivity index (χ2n) is 5.16. The number of benzene rings is 2. The molecule has 25 heavy (non-hydrogen) atoms. The number of rotatable bonds is 5. The number of amides is 2. The van der Waals surface area contributed by atoms with E-state index in [1.54, 1.807) is 42.1 Å². The molecule has 1 heterocycles. The Hall–Kier alpha value is -2.57. The van der Waals surface area contributed by atoms with Crippen LogP contribution >= 0.6 is 23.1 Å². The third-order valence-electron chi connectivity index (χ3n) is 3.51. The minimum absolute atomic E-state index is 0.223. The quantitative estimate of drug-likeness (QED) is 0.625. The molecule has 0 radical (unpaired) electrons. The summed E-state index contributed by atoms with van der Waals surface area (Å²) in [6.45, 7) is 0. The Kier molecular flexibility index (Phi) is 5.53. The molecule has 2 aromatic carbocycles. The number of thioether (sulfide) groups is 1. The van der Waals surface area contributed by atoms with Gasteiger partial charge < -0.3 is 10.6 Å². The molecule has 0 unspecified atom stereocenters. The van der Waals surface area contributed by atoms with E-state index in [0.29, 0.717) is 21.8 Å². The van der Waals surface area contributed by atoms with Gasteiger partial charge in [-0.25, -0.2) is 0 Å². The van der Waals surface area contributed by atoms with E-state index < -0.39 is 0 Å². The first kappa shape index (κ1) is 17.3. The standard InChI is InChI=1S/C19H16N2O2S2/c1-24-14-10-8-13(9-11-14)20-18(22)15-5-2-3-6-16(15)21-19(23)17-7-4-12-25-17/h2-12H,1H3,(H,20,22)(H,21,23). The fourth-order valence-corrected chi connectivity index (χ4v) is 3.28. The van der Waals surface area contributed by atoms with Crippen molar-refractivity contribution < 1.29 is 9.59 Å². The highest BCUT2D eigenvalue weighted by Gasteiger charge is 2.14. The molecule has 0 aliphatic heterocycles. The van der Waals surface area contributed by atoms with Crippen LogP contribution in [0, 0.1) is 0 Å². The molecule has 0 atom stereocenters. The predicted molar refractivity (Wildman–Crippen MR) is 105 cm³/mol. The number of carbonyl (C=O) groups excluding carboxylic acids is 2. The Balaban J connectivity index is 1.77. The minimum Gasteiger partial charge on any atom is -0.322 e. The van der Waals surface area contributed by atoms with Gasteiger partial charge in [0.1, 0.15) is 0 Å². The monoisotopic (exact) mass is 368 g/mol. The van der Waals surface area contributed by atoms with Crippen LogP contribution in [0.4, 0.5) is 11.4 Å². The number of carbonyl (C=O) groups is 2. The lowest BCUT2D eigenvalue weighted by Gasteiger charge is -2.11. The van der Waals surface area contributed by atoms with Crippen molar-refractivity contribution in [3.8, 4) is 0 Å². The molecule has 2 N–H and O–H groups in total. The summed E-state index contributed by atoms with van der Waals surface area (Å²) >= 11 is 3.00. The molecule has 0 spiro atoms. The molecule has 126 valence electrons. The SMILES string of the molecule is CSc1ccc(NC(=O)c2ccccc2NC(=O)c2cccs2)cc1. The number of hydrogen-bond acceptors (Lipinski definition) is 4. The second-order valence-corrected chi connectivity index (χ2v) is 6.99. The molecule has 3 rings (SSSR count). The van der Waals surface area contributed by atoms with Crippen LogP contribution in [-0.4, -0.2) is 18.1 Å². The maximum Gasteiger partial charge on any atom is 0.265 e. The van der Waals surface area contributed by atoms with Gasteiger partial charge in [0.05, 0.1) is 16.1 Å². The molecule has 3 aromatic rings. The summed E-state index contributed by atoms with van der Waals surface area (Å²) in [6.07, 6.45) is 2.00. The zero-order valence-electron chi connectivity index (χ0n) is 13.5. The zero-order valence-corrected chi connectivity index (χ0v) is 15.1. The summed E-state index contributed by atoms with van der Waals surface area (Å²) in [6, 6.07) is 18.1. The van der Waals surface area contributed by atoms with Crippen LogP contribution in [0.5, 0.6) is 0 Å². The Morgan fingerprint density at radius 1 is 0.880 bits per heavy atom. The summed E-state index contributed by atoms with van der Waals surface area (Å²) < 4.78 is 0. The fraction of sp³-hybridized carbons (Fsp3) is 0.0526. The van der Waals surface area contributed by atoms with E-state index in [-0.39, 0.29) is 11.8 Å². The molecule has 2 amide bonds. The van der Waals surface area contributed by atoms with E-state index in [2.05, 4.69) is 10.6 Å². The van der Waals surface area contributed by atoms with Gasteiger partial charge in [0.2, 0.25) is 0 Å². The predicted octanol–water partition coefficient (Wildman–Crippen LogP) is 4.97. The van der Waals surface area contributed by atoms with Crippen LogP contribution in [0.2, 0.25) is 0 Å². The van der Waals surface area contributed by atoms with E-state index in [0.717, 1.165) is 4.90 Å². The third kappa shape index (κ3) is 4.29. The van der Waals surface area contributed by atoms with E-state index in [1.807, 2.05) is 42.0 Å². The maximum atomic E-state index is 12.6. The van der Waals surface area contributed by atoms with Gasteiger partial charge in [0, 0.05) is 10.6 Å². The molecule has 6 heteroatoms. The van der Waals surface area contributed by atoms with Crippen LogP contribution in [0.15, 0.2) is 70.9 Å². The molecule has 0 aliphatic rings. The summed E-state index contributed by atoms with van der Waals surface area (Å²) in [5, 5.41) is 7.51. The molecule has 0 saturated heterocycles. The highest BCUT2D eigenvalue weighted by molar-refractivity contribution is 7.98. The molecule has 4 nitrogen and oxygen atoms in total. The van der Waals surface area contributed by atoms with Crippen molar-refractivity contribution in [1.29, 1.82) is 0 Å². The van der Waals surface area contributed by atoms with E-state index in [9.17, 15) is 9.59 Å². The fourth-order valence-electron chi connectivity index (χ4n) is 2.25. The van der Waals surface area contributed by atoms with Crippen molar-refractivity contribution >= 4 is 46.3 Å². The second kappa shape index (κ2) is 8.00. The molecule has 0 saturated carbocycles. The van der Waals surface area contributed by atoms with Crippen molar-refractivity contribution in [1.82, 2.24) is 0 Å². The first-order valence-corrected chi connectivity index (χ1v) is 9.67. The smallest absolute Gasteiger partial charge is 0.265 e. The largest absolute Gasteiger partial charge is 0.322 e. The van der Waals surface area contributed by atoms with Gasteiger partial charge in [-0.3, -0.25) is 9.59 Å². The number of nitrogens with one attached hydrogen (secondary N) is 2. The lowest BCUT2D eigenvalue weighted by atomic mass is 10.1. The normalized spacial score (nSPS) is 10.3. The number of hydrogen-bond donors (Lipinski definition) is 2. The average molecular weight is 368 g/mol. The number of para-hydroxylation sites is 1. The van der Waals surface area contributed by atoms with Crippen LogP contribution in [0.1, 0.15) is 20.0 Å². The molecule has 0 fully saturated rings. The van der Waals surface area contributed by atoms with Gasteiger partial charge in [0.15, 0.2) is 0 Å². The summed E-state index contributed by atoms with van der Waals surface area (Å²) in [5.41, 5.74) is 1.61. The first-order valence-electron chi connectivity index (χ1n) is 7.56. The molecular formula is C19H16N2O2S2. The van der Waals surface area contributed by atoms with Crippen LogP contribution in [-0.2, 0) is 0 Å². The zero-order chi connectivity index (χ0) is 17.6. The van der Waals surface area contributed by atoms with Gasteiger partial charge in [0.25, 0.3) is 11.8 Å². The van der Waals surface area contributed by atoms with Crippen molar-refractivity contribution in [2.75, 3.05) is 16.9 Å². The number of anilines is 2. The highest BCUT2D eigenvalue weighted by Crippen LogP contribution is 2.21. The van der Waals surface area contributed by atoms with Crippen LogP contribution in [0.25, 0.3) is 0 Å². The third-order valence-corrected chi connectivity index (χ3v) is 5.12. The van der Waals surface area contributed by atoms with Gasteiger partial charge in [-0.2, -0.15) is 0 Å². The minimum atomic E-state index is -0.265. The maximum absolute atomic E-state index is 12.6. The number of thiophene rings is 1. The Bertz CT molecular complexity index is 875. The average Bonchev–Trinajstić information content (AvgIpc) is 3.17. The van der Waals surface area contributed by atoms with Crippen molar-refractivity contribution in [3.63, 3.8) is 0 Å². The van der Waals surface area contributed by atoms with Crippen molar-refractivity contribution in [2.24, 2.45) is 0 Å². The van der Waals surface area contributed by atoms with E-state index >= 15 is 0 Å². The highest BCUT2D eigenvalue weighted by atomic mass is 32.2. The van der Waals surface area contributed by atoms with Crippen LogP contribution in [0.3, 0.4) is 0 Å². The Labute approximate surface area is 154 Å². The van der Waals surface area contributed by atoms with Crippen molar-refractivity contribution in [2.45, 2.75) is 4.90 Å². The molecule has 0 aliphatic carbocycles. The van der Waals surface area contributed by atoms with Crippen LogP contribution < -0.4 is 10.6 Å².